The van der Waals surface area contributed by atoms with Crippen LogP contribution in [0.25, 0.3) is 10.9 Å². The maximum Gasteiger partial charge on any atom is 0.321 e. The number of carbonyl (C=O) groups is 2. The summed E-state index contributed by atoms with van der Waals surface area (Å²) in [7, 11) is 1.69. The quantitative estimate of drug-likeness (QED) is 0.679. The summed E-state index contributed by atoms with van der Waals surface area (Å²) >= 11 is 0. The van der Waals surface area contributed by atoms with E-state index < -0.39 is 0 Å². The molecule has 1 aliphatic carbocycles. The molecule has 2 unspecified atom stereocenters. The van der Waals surface area contributed by atoms with Gasteiger partial charge in [-0.15, -0.1) is 0 Å². The maximum atomic E-state index is 12.4. The minimum Gasteiger partial charge on any atom is -0.497 e. The summed E-state index contributed by atoms with van der Waals surface area (Å²) in [6.45, 7) is 4.12. The van der Waals surface area contributed by atoms with Crippen molar-refractivity contribution in [2.24, 2.45) is 5.92 Å². The van der Waals surface area contributed by atoms with Crippen LogP contribution in [0.4, 0.5) is 4.79 Å². The zero-order valence-corrected chi connectivity index (χ0v) is 18.6. The van der Waals surface area contributed by atoms with Crippen molar-refractivity contribution in [3.8, 4) is 5.75 Å². The lowest BCUT2D eigenvalue weighted by molar-refractivity contribution is -0.121. The summed E-state index contributed by atoms with van der Waals surface area (Å²) < 4.78 is 5.38. The highest BCUT2D eigenvalue weighted by atomic mass is 16.5. The van der Waals surface area contributed by atoms with Crippen molar-refractivity contribution >= 4 is 22.8 Å². The molecule has 0 spiro atoms. The number of imide groups is 1. The molecule has 2 heterocycles. The fourth-order valence-corrected chi connectivity index (χ4v) is 5.09. The number of benzene rings is 1. The van der Waals surface area contributed by atoms with Gasteiger partial charge in [-0.1, -0.05) is 19.8 Å². The molecule has 7 heteroatoms. The average molecular weight is 427 g/mol. The summed E-state index contributed by atoms with van der Waals surface area (Å²) in [4.78, 5) is 30.1. The van der Waals surface area contributed by atoms with E-state index in [1.54, 1.807) is 7.11 Å². The van der Waals surface area contributed by atoms with Crippen LogP contribution in [0.2, 0.25) is 0 Å². The van der Waals surface area contributed by atoms with Gasteiger partial charge in [0.25, 0.3) is 0 Å². The maximum absolute atomic E-state index is 12.4. The highest BCUT2D eigenvalue weighted by Gasteiger charge is 2.26. The van der Waals surface area contributed by atoms with Crippen LogP contribution in [-0.2, 0) is 4.79 Å². The van der Waals surface area contributed by atoms with Crippen molar-refractivity contribution in [2.45, 2.75) is 57.4 Å². The number of rotatable bonds is 5. The molecule has 2 aromatic rings. The molecule has 31 heavy (non-hydrogen) atoms. The molecule has 1 saturated heterocycles. The first-order valence-electron chi connectivity index (χ1n) is 11.5. The van der Waals surface area contributed by atoms with Crippen LogP contribution < -0.4 is 15.4 Å². The number of ether oxygens (including phenoxy) is 1. The van der Waals surface area contributed by atoms with Crippen LogP contribution in [0.3, 0.4) is 0 Å². The van der Waals surface area contributed by atoms with E-state index in [1.165, 1.54) is 17.4 Å². The molecule has 4 rings (SSSR count). The van der Waals surface area contributed by atoms with Crippen molar-refractivity contribution in [3.63, 3.8) is 0 Å². The fourth-order valence-electron chi connectivity index (χ4n) is 5.09. The van der Waals surface area contributed by atoms with E-state index >= 15 is 0 Å². The molecule has 7 nitrogen and oxygen atoms in total. The number of hydrogen-bond donors (Lipinski definition) is 3. The van der Waals surface area contributed by atoms with Gasteiger partial charge in [0.2, 0.25) is 5.91 Å². The van der Waals surface area contributed by atoms with Crippen molar-refractivity contribution in [2.75, 3.05) is 26.7 Å². The molecule has 3 N–H and O–H groups in total. The lowest BCUT2D eigenvalue weighted by Crippen LogP contribution is -2.50. The van der Waals surface area contributed by atoms with Crippen molar-refractivity contribution < 1.29 is 14.3 Å². The summed E-state index contributed by atoms with van der Waals surface area (Å²) in [6.07, 6.45) is 8.58. The molecule has 1 aromatic heterocycles. The van der Waals surface area contributed by atoms with Crippen molar-refractivity contribution in [1.82, 2.24) is 20.5 Å². The molecule has 0 bridgehead atoms. The SMILES string of the molecule is COc1ccc2[nH]cc(C3CCN(CC(=O)NC(=O)NC4CCCCC4C)CC3)c2c1. The average Bonchev–Trinajstić information content (AvgIpc) is 3.19. The van der Waals surface area contributed by atoms with Crippen LogP contribution >= 0.6 is 0 Å². The summed E-state index contributed by atoms with van der Waals surface area (Å²) in [5, 5.41) is 6.72. The zero-order chi connectivity index (χ0) is 21.8. The Morgan fingerprint density at radius 3 is 2.68 bits per heavy atom. The Hall–Kier alpha value is -2.54. The van der Waals surface area contributed by atoms with Crippen LogP contribution in [0.15, 0.2) is 24.4 Å². The molecule has 2 aliphatic rings. The highest BCUT2D eigenvalue weighted by Crippen LogP contribution is 2.34. The number of carbonyl (C=O) groups excluding carboxylic acids is 2. The van der Waals surface area contributed by atoms with Crippen LogP contribution in [0.1, 0.15) is 56.9 Å². The Morgan fingerprint density at radius 1 is 1.16 bits per heavy atom. The topological polar surface area (TPSA) is 86.5 Å². The monoisotopic (exact) mass is 426 g/mol. The van der Waals surface area contributed by atoms with Gasteiger partial charge in [0.1, 0.15) is 5.75 Å². The molecular formula is C24H34N4O3. The van der Waals surface area contributed by atoms with Gasteiger partial charge >= 0.3 is 6.03 Å². The number of methoxy groups -OCH3 is 1. The molecule has 2 atom stereocenters. The molecule has 0 radical (unpaired) electrons. The van der Waals surface area contributed by atoms with E-state index in [0.717, 1.165) is 56.5 Å². The number of nitrogens with zero attached hydrogens (tertiary/aromatic N) is 1. The van der Waals surface area contributed by atoms with Gasteiger partial charge in [0.05, 0.1) is 13.7 Å². The van der Waals surface area contributed by atoms with Gasteiger partial charge in [0.15, 0.2) is 0 Å². The summed E-state index contributed by atoms with van der Waals surface area (Å²) in [5.41, 5.74) is 2.44. The predicted octanol–water partition coefficient (Wildman–Crippen LogP) is 3.76. The van der Waals surface area contributed by atoms with E-state index in [4.69, 9.17) is 4.74 Å². The van der Waals surface area contributed by atoms with Gasteiger partial charge in [-0.3, -0.25) is 15.0 Å². The highest BCUT2D eigenvalue weighted by molar-refractivity contribution is 5.95. The number of likely N-dealkylation sites (tertiary alicyclic amines) is 1. The Kier molecular flexibility index (Phi) is 6.80. The van der Waals surface area contributed by atoms with Crippen molar-refractivity contribution in [1.29, 1.82) is 0 Å². The second-order valence-electron chi connectivity index (χ2n) is 9.10. The van der Waals surface area contributed by atoms with Gasteiger partial charge in [0, 0.05) is 23.1 Å². The molecule has 1 saturated carbocycles. The lowest BCUT2D eigenvalue weighted by Gasteiger charge is -2.32. The first-order chi connectivity index (χ1) is 15.0. The number of amides is 3. The number of fused-ring (bicyclic) bond motifs is 1. The number of aromatic nitrogens is 1. The Labute approximate surface area is 183 Å². The minimum absolute atomic E-state index is 0.173. The molecule has 3 amide bonds. The number of hydrogen-bond acceptors (Lipinski definition) is 4. The number of urea groups is 1. The minimum atomic E-state index is -0.355. The smallest absolute Gasteiger partial charge is 0.321 e. The lowest BCUT2D eigenvalue weighted by atomic mass is 9.86. The molecule has 1 aliphatic heterocycles. The number of aromatic amines is 1. The Balaban J connectivity index is 1.25. The largest absolute Gasteiger partial charge is 0.497 e. The molecule has 2 fully saturated rings. The van der Waals surface area contributed by atoms with Crippen molar-refractivity contribution in [3.05, 3.63) is 30.0 Å². The molecule has 168 valence electrons. The van der Waals surface area contributed by atoms with Crippen LogP contribution in [-0.4, -0.2) is 54.6 Å². The summed E-state index contributed by atoms with van der Waals surface area (Å²) in [5.74, 6) is 1.56. The van der Waals surface area contributed by atoms with E-state index in [0.29, 0.717) is 11.8 Å². The standard InChI is InChI=1S/C24H34N4O3/c1-16-5-3-4-6-21(16)26-24(30)27-23(29)15-28-11-9-17(10-12-28)20-14-25-22-8-7-18(31-2)13-19(20)22/h7-8,13-14,16-17,21,25H,3-6,9-12,15H2,1-2H3,(H2,26,27,29,30). The summed E-state index contributed by atoms with van der Waals surface area (Å²) in [6, 6.07) is 5.93. The first kappa shape index (κ1) is 21.7. The molecular weight excluding hydrogens is 392 g/mol. The van der Waals surface area contributed by atoms with E-state index in [1.807, 2.05) is 6.07 Å². The van der Waals surface area contributed by atoms with Crippen LogP contribution in [0, 0.1) is 5.92 Å². The Bertz CT molecular complexity index is 917. The van der Waals surface area contributed by atoms with Gasteiger partial charge in [-0.25, -0.2) is 4.79 Å². The van der Waals surface area contributed by atoms with Gasteiger partial charge < -0.3 is 15.0 Å². The van der Waals surface area contributed by atoms with Crippen LogP contribution in [0.5, 0.6) is 5.75 Å². The zero-order valence-electron chi connectivity index (χ0n) is 18.6. The third-order valence-electron chi connectivity index (χ3n) is 7.00. The second kappa shape index (κ2) is 9.73. The molecule has 1 aromatic carbocycles. The first-order valence-corrected chi connectivity index (χ1v) is 11.5. The number of nitrogens with one attached hydrogen (secondary N) is 3. The third kappa shape index (κ3) is 5.21. The number of H-pyrrole nitrogens is 1. The number of piperidine rings is 1. The van der Waals surface area contributed by atoms with Gasteiger partial charge in [-0.2, -0.15) is 0 Å². The fraction of sp³-hybridized carbons (Fsp3) is 0.583. The predicted molar refractivity (Wildman–Crippen MR) is 121 cm³/mol. The van der Waals surface area contributed by atoms with E-state index in [-0.39, 0.29) is 24.5 Å². The normalized spacial score (nSPS) is 22.9. The van der Waals surface area contributed by atoms with E-state index in [2.05, 4.69) is 45.8 Å². The second-order valence-corrected chi connectivity index (χ2v) is 9.10. The van der Waals surface area contributed by atoms with E-state index in [9.17, 15) is 9.59 Å². The Morgan fingerprint density at radius 2 is 1.94 bits per heavy atom. The third-order valence-corrected chi connectivity index (χ3v) is 7.00. The van der Waals surface area contributed by atoms with Gasteiger partial charge in [-0.05, 0) is 74.4 Å².